The highest BCUT2D eigenvalue weighted by Crippen LogP contribution is 2.26. The SMILES string of the molecule is COC(=O)c1cccc(CNC(=O)C(c2ccccc2)N2CCN(c3ccc(-n4ccn(C(C)c5ccccc5)c4=O)cc3)CC2)c1. The summed E-state index contributed by atoms with van der Waals surface area (Å²) in [4.78, 5) is 43.5. The molecule has 0 aliphatic carbocycles. The summed E-state index contributed by atoms with van der Waals surface area (Å²) < 4.78 is 8.26. The fourth-order valence-electron chi connectivity index (χ4n) is 6.21. The van der Waals surface area contributed by atoms with Gasteiger partial charge in [-0.05, 0) is 60.0 Å². The van der Waals surface area contributed by atoms with Crippen molar-refractivity contribution in [2.75, 3.05) is 38.2 Å². The van der Waals surface area contributed by atoms with Gasteiger partial charge in [0, 0.05) is 50.8 Å². The van der Waals surface area contributed by atoms with Crippen LogP contribution in [0.15, 0.2) is 126 Å². The highest BCUT2D eigenvalue weighted by atomic mass is 16.5. The van der Waals surface area contributed by atoms with E-state index in [2.05, 4.69) is 27.2 Å². The summed E-state index contributed by atoms with van der Waals surface area (Å²) >= 11 is 0. The van der Waals surface area contributed by atoms with Crippen LogP contribution >= 0.6 is 0 Å². The molecule has 2 atom stereocenters. The molecule has 1 saturated heterocycles. The molecule has 9 nitrogen and oxygen atoms in total. The molecule has 0 radical (unpaired) electrons. The monoisotopic (exact) mass is 629 g/mol. The molecule has 240 valence electrons. The topological polar surface area (TPSA) is 88.8 Å². The van der Waals surface area contributed by atoms with Gasteiger partial charge in [0.1, 0.15) is 6.04 Å². The minimum atomic E-state index is -0.446. The summed E-state index contributed by atoms with van der Waals surface area (Å²) in [6.45, 7) is 5.24. The van der Waals surface area contributed by atoms with Gasteiger partial charge >= 0.3 is 11.7 Å². The molecule has 0 spiro atoms. The largest absolute Gasteiger partial charge is 0.465 e. The molecule has 0 saturated carbocycles. The van der Waals surface area contributed by atoms with Crippen molar-refractivity contribution in [2.45, 2.75) is 25.6 Å². The maximum Gasteiger partial charge on any atom is 0.337 e. The molecule has 5 aromatic rings. The lowest BCUT2D eigenvalue weighted by Gasteiger charge is -2.39. The molecular formula is C38H39N5O4. The van der Waals surface area contributed by atoms with Crippen LogP contribution in [0.1, 0.15) is 46.1 Å². The van der Waals surface area contributed by atoms with Gasteiger partial charge in [-0.15, -0.1) is 0 Å². The fraction of sp³-hybridized carbons (Fsp3) is 0.237. The van der Waals surface area contributed by atoms with Crippen molar-refractivity contribution in [1.82, 2.24) is 19.4 Å². The number of rotatable bonds is 10. The van der Waals surface area contributed by atoms with Crippen molar-refractivity contribution < 1.29 is 14.3 Å². The number of imidazole rings is 1. The van der Waals surface area contributed by atoms with Gasteiger partial charge in [-0.2, -0.15) is 0 Å². The number of benzene rings is 4. The van der Waals surface area contributed by atoms with E-state index in [4.69, 9.17) is 4.74 Å². The first kappa shape index (κ1) is 31.6. The number of anilines is 1. The van der Waals surface area contributed by atoms with Crippen LogP contribution < -0.4 is 15.9 Å². The average Bonchev–Trinajstić information content (AvgIpc) is 3.52. The number of hydrogen-bond donors (Lipinski definition) is 1. The van der Waals surface area contributed by atoms with E-state index in [9.17, 15) is 14.4 Å². The zero-order valence-electron chi connectivity index (χ0n) is 26.7. The quantitative estimate of drug-likeness (QED) is 0.213. The Balaban J connectivity index is 1.11. The Kier molecular flexibility index (Phi) is 9.64. The number of esters is 1. The maximum absolute atomic E-state index is 13.7. The van der Waals surface area contributed by atoms with Gasteiger partial charge in [-0.1, -0.05) is 72.8 Å². The highest BCUT2D eigenvalue weighted by Gasteiger charge is 2.30. The molecular weight excluding hydrogens is 590 g/mol. The Hall–Kier alpha value is -5.41. The Morgan fingerprint density at radius 1 is 0.766 bits per heavy atom. The standard InChI is InChI=1S/C38H39N5O4/c1-28(30-11-5-3-6-12-30)42-24-25-43(38(42)46)34-18-16-33(17-19-34)40-20-22-41(23-21-40)35(31-13-7-4-8-14-31)36(44)39-27-29-10-9-15-32(26-29)37(45)47-2/h3-19,24-26,28,35H,20-23,27H2,1-2H3,(H,39,44). The highest BCUT2D eigenvalue weighted by molar-refractivity contribution is 5.89. The van der Waals surface area contributed by atoms with Gasteiger partial charge in [0.15, 0.2) is 0 Å². The molecule has 1 aliphatic heterocycles. The molecule has 4 aromatic carbocycles. The summed E-state index contributed by atoms with van der Waals surface area (Å²) in [6, 6.07) is 34.5. The van der Waals surface area contributed by atoms with Crippen molar-refractivity contribution in [3.8, 4) is 5.69 Å². The lowest BCUT2D eigenvalue weighted by molar-refractivity contribution is -0.127. The van der Waals surface area contributed by atoms with E-state index in [1.807, 2.05) is 98.2 Å². The predicted octanol–water partition coefficient (Wildman–Crippen LogP) is 5.21. The normalized spacial score (nSPS) is 14.7. The molecule has 1 aliphatic rings. The Morgan fingerprint density at radius 3 is 2.06 bits per heavy atom. The zero-order valence-corrected chi connectivity index (χ0v) is 26.7. The van der Waals surface area contributed by atoms with Gasteiger partial charge in [0.2, 0.25) is 5.91 Å². The molecule has 9 heteroatoms. The number of nitrogens with one attached hydrogen (secondary N) is 1. The van der Waals surface area contributed by atoms with Crippen LogP contribution in [0.2, 0.25) is 0 Å². The van der Waals surface area contributed by atoms with Crippen molar-refractivity contribution in [3.05, 3.63) is 154 Å². The smallest absolute Gasteiger partial charge is 0.337 e. The third-order valence-electron chi connectivity index (χ3n) is 8.85. The van der Waals surface area contributed by atoms with E-state index in [1.165, 1.54) is 7.11 Å². The summed E-state index contributed by atoms with van der Waals surface area (Å²) in [7, 11) is 1.35. The number of piperazine rings is 1. The Bertz CT molecular complexity index is 1860. The number of nitrogens with zero attached hydrogens (tertiary/aromatic N) is 4. The second kappa shape index (κ2) is 14.3. The van der Waals surface area contributed by atoms with Crippen LogP contribution in [0, 0.1) is 0 Å². The zero-order chi connectivity index (χ0) is 32.8. The second-order valence-electron chi connectivity index (χ2n) is 11.7. The molecule has 47 heavy (non-hydrogen) atoms. The summed E-state index contributed by atoms with van der Waals surface area (Å²) in [6.07, 6.45) is 3.66. The van der Waals surface area contributed by atoms with E-state index in [1.54, 1.807) is 27.3 Å². The van der Waals surface area contributed by atoms with Gasteiger partial charge in [0.25, 0.3) is 0 Å². The summed E-state index contributed by atoms with van der Waals surface area (Å²) in [5.74, 6) is -0.495. The molecule has 1 amide bonds. The number of hydrogen-bond acceptors (Lipinski definition) is 6. The predicted molar refractivity (Wildman–Crippen MR) is 183 cm³/mol. The van der Waals surface area contributed by atoms with Crippen LogP contribution in [0.4, 0.5) is 5.69 Å². The number of carbonyl (C=O) groups excluding carboxylic acids is 2. The van der Waals surface area contributed by atoms with Crippen LogP contribution in [-0.2, 0) is 16.1 Å². The lowest BCUT2D eigenvalue weighted by Crippen LogP contribution is -2.51. The number of amides is 1. The maximum atomic E-state index is 13.7. The molecule has 1 N–H and O–H groups in total. The minimum Gasteiger partial charge on any atom is -0.465 e. The first-order valence-corrected chi connectivity index (χ1v) is 15.9. The molecule has 0 bridgehead atoms. The number of aromatic nitrogens is 2. The van der Waals surface area contributed by atoms with E-state index < -0.39 is 12.0 Å². The fourth-order valence-corrected chi connectivity index (χ4v) is 6.21. The Labute approximate surface area is 274 Å². The average molecular weight is 630 g/mol. The van der Waals surface area contributed by atoms with E-state index >= 15 is 0 Å². The number of ether oxygens (including phenoxy) is 1. The summed E-state index contributed by atoms with van der Waals surface area (Å²) in [5.41, 5.74) is 5.10. The minimum absolute atomic E-state index is 0.0694. The van der Waals surface area contributed by atoms with Crippen LogP contribution in [-0.4, -0.2) is 59.2 Å². The van der Waals surface area contributed by atoms with E-state index in [0.717, 1.165) is 41.2 Å². The van der Waals surface area contributed by atoms with Crippen molar-refractivity contribution in [3.63, 3.8) is 0 Å². The Morgan fingerprint density at radius 2 is 1.40 bits per heavy atom. The van der Waals surface area contributed by atoms with Gasteiger partial charge in [-0.3, -0.25) is 18.8 Å². The molecule has 6 rings (SSSR count). The van der Waals surface area contributed by atoms with Crippen LogP contribution in [0.3, 0.4) is 0 Å². The second-order valence-corrected chi connectivity index (χ2v) is 11.7. The van der Waals surface area contributed by atoms with E-state index in [-0.39, 0.29) is 17.6 Å². The molecule has 1 fully saturated rings. The number of methoxy groups -OCH3 is 1. The van der Waals surface area contributed by atoms with Crippen molar-refractivity contribution in [1.29, 1.82) is 0 Å². The molecule has 2 heterocycles. The third-order valence-corrected chi connectivity index (χ3v) is 8.85. The first-order chi connectivity index (χ1) is 22.9. The van der Waals surface area contributed by atoms with Gasteiger partial charge in [0.05, 0.1) is 24.4 Å². The molecule has 1 aromatic heterocycles. The summed E-state index contributed by atoms with van der Waals surface area (Å²) in [5, 5.41) is 3.09. The molecule has 2 unspecified atom stereocenters. The van der Waals surface area contributed by atoms with Crippen LogP contribution in [0.25, 0.3) is 5.69 Å². The van der Waals surface area contributed by atoms with Gasteiger partial charge in [-0.25, -0.2) is 9.59 Å². The lowest BCUT2D eigenvalue weighted by atomic mass is 10.0. The van der Waals surface area contributed by atoms with Crippen molar-refractivity contribution >= 4 is 17.6 Å². The van der Waals surface area contributed by atoms with Crippen LogP contribution in [0.5, 0.6) is 0 Å². The third kappa shape index (κ3) is 7.05. The van der Waals surface area contributed by atoms with Gasteiger partial charge < -0.3 is 15.0 Å². The number of carbonyl (C=O) groups is 2. The first-order valence-electron chi connectivity index (χ1n) is 15.9. The van der Waals surface area contributed by atoms with Crippen molar-refractivity contribution in [2.24, 2.45) is 0 Å². The van der Waals surface area contributed by atoms with E-state index in [0.29, 0.717) is 25.2 Å².